The lowest BCUT2D eigenvalue weighted by atomic mass is 9.78. The van der Waals surface area contributed by atoms with Crippen LogP contribution in [0.1, 0.15) is 45.4 Å². The Morgan fingerprint density at radius 1 is 1.08 bits per heavy atom. The zero-order chi connectivity index (χ0) is 16.9. The summed E-state index contributed by atoms with van der Waals surface area (Å²) in [5.74, 6) is 1.16. The lowest BCUT2D eigenvalue weighted by Crippen LogP contribution is -2.57. The Morgan fingerprint density at radius 3 is 2.67 bits per heavy atom. The topological polar surface area (TPSA) is 36.0 Å². The van der Waals surface area contributed by atoms with E-state index in [-0.39, 0.29) is 0 Å². The average Bonchev–Trinajstić information content (AvgIpc) is 2.60. The third-order valence-electron chi connectivity index (χ3n) is 6.35. The van der Waals surface area contributed by atoms with Crippen molar-refractivity contribution in [2.45, 2.75) is 57.5 Å². The number of carbonyl (C=O) groups excluding carboxylic acids is 1. The molecule has 3 rings (SSSR count). The van der Waals surface area contributed by atoms with E-state index in [0.29, 0.717) is 24.5 Å². The highest BCUT2D eigenvalue weighted by molar-refractivity contribution is 5.78. The van der Waals surface area contributed by atoms with Gasteiger partial charge in [0.1, 0.15) is 0 Å². The van der Waals surface area contributed by atoms with Gasteiger partial charge in [0.25, 0.3) is 0 Å². The molecule has 2 aliphatic heterocycles. The molecule has 0 aromatic carbocycles. The summed E-state index contributed by atoms with van der Waals surface area (Å²) in [6, 6.07) is 1.05. The van der Waals surface area contributed by atoms with E-state index in [9.17, 15) is 4.79 Å². The minimum atomic E-state index is 0.379. The molecule has 2 saturated heterocycles. The molecule has 0 bridgehead atoms. The normalized spacial score (nSPS) is 32.6. The van der Waals surface area contributed by atoms with E-state index in [1.807, 2.05) is 0 Å². The largest absolute Gasteiger partial charge is 0.383 e. The molecule has 5 nitrogen and oxygen atoms in total. The molecule has 3 aliphatic rings. The number of piperazine rings is 1. The van der Waals surface area contributed by atoms with Crippen molar-refractivity contribution in [2.75, 3.05) is 53.0 Å². The summed E-state index contributed by atoms with van der Waals surface area (Å²) in [4.78, 5) is 20.0. The van der Waals surface area contributed by atoms with Crippen molar-refractivity contribution in [3.05, 3.63) is 0 Å². The van der Waals surface area contributed by atoms with Crippen LogP contribution in [0.4, 0.5) is 0 Å². The van der Waals surface area contributed by atoms with Gasteiger partial charge in [-0.1, -0.05) is 12.8 Å². The number of likely N-dealkylation sites (tertiary alicyclic amines) is 1. The molecule has 1 aliphatic carbocycles. The van der Waals surface area contributed by atoms with Crippen LogP contribution >= 0.6 is 0 Å². The number of nitrogens with zero attached hydrogens (tertiary/aromatic N) is 3. The summed E-state index contributed by atoms with van der Waals surface area (Å²) in [6.45, 7) is 8.71. The molecule has 3 fully saturated rings. The zero-order valence-corrected chi connectivity index (χ0v) is 15.6. The molecule has 0 aromatic rings. The Morgan fingerprint density at radius 2 is 1.88 bits per heavy atom. The molecular formula is C19H35N3O2. The van der Waals surface area contributed by atoms with Gasteiger partial charge in [-0.15, -0.1) is 0 Å². The minimum absolute atomic E-state index is 0.379. The maximum atomic E-state index is 12.9. The Hall–Kier alpha value is -0.650. The van der Waals surface area contributed by atoms with Crippen molar-refractivity contribution >= 4 is 5.91 Å². The highest BCUT2D eigenvalue weighted by Crippen LogP contribution is 2.35. The number of fused-ring (bicyclic) bond motifs is 1. The van der Waals surface area contributed by atoms with Crippen LogP contribution in [0.5, 0.6) is 0 Å². The summed E-state index contributed by atoms with van der Waals surface area (Å²) in [5.41, 5.74) is 0. The monoisotopic (exact) mass is 337 g/mol. The second kappa shape index (κ2) is 8.63. The van der Waals surface area contributed by atoms with Gasteiger partial charge >= 0.3 is 0 Å². The SMILES string of the molecule is COCCN1CCN(CC(=O)N2CCCC3CCCCC32)CC1C. The van der Waals surface area contributed by atoms with E-state index in [1.165, 1.54) is 38.5 Å². The maximum Gasteiger partial charge on any atom is 0.237 e. The fraction of sp³-hybridized carbons (Fsp3) is 0.947. The molecule has 5 heteroatoms. The van der Waals surface area contributed by atoms with Gasteiger partial charge in [-0.05, 0) is 38.5 Å². The van der Waals surface area contributed by atoms with E-state index in [0.717, 1.165) is 45.2 Å². The van der Waals surface area contributed by atoms with E-state index < -0.39 is 0 Å². The maximum absolute atomic E-state index is 12.9. The van der Waals surface area contributed by atoms with E-state index in [4.69, 9.17) is 4.74 Å². The fourth-order valence-electron chi connectivity index (χ4n) is 4.97. The van der Waals surface area contributed by atoms with Crippen molar-refractivity contribution in [3.63, 3.8) is 0 Å². The Labute approximate surface area is 147 Å². The minimum Gasteiger partial charge on any atom is -0.383 e. The number of amides is 1. The molecule has 1 saturated carbocycles. The second-order valence-electron chi connectivity index (χ2n) is 7.95. The number of piperidine rings is 1. The van der Waals surface area contributed by atoms with E-state index in [1.54, 1.807) is 7.11 Å². The number of hydrogen-bond donors (Lipinski definition) is 0. The summed E-state index contributed by atoms with van der Waals surface area (Å²) >= 11 is 0. The molecular weight excluding hydrogens is 302 g/mol. The number of methoxy groups -OCH3 is 1. The first-order valence-electron chi connectivity index (χ1n) is 9.94. The van der Waals surface area contributed by atoms with Gasteiger partial charge in [-0.3, -0.25) is 14.6 Å². The van der Waals surface area contributed by atoms with Gasteiger partial charge in [0.15, 0.2) is 0 Å². The number of ether oxygens (including phenoxy) is 1. The van der Waals surface area contributed by atoms with Crippen LogP contribution in [-0.2, 0) is 9.53 Å². The first-order chi connectivity index (χ1) is 11.7. The zero-order valence-electron chi connectivity index (χ0n) is 15.6. The van der Waals surface area contributed by atoms with Crippen LogP contribution in [0.25, 0.3) is 0 Å². The molecule has 138 valence electrons. The van der Waals surface area contributed by atoms with Gasteiger partial charge in [-0.25, -0.2) is 0 Å². The fourth-order valence-corrected chi connectivity index (χ4v) is 4.97. The van der Waals surface area contributed by atoms with Crippen molar-refractivity contribution in [2.24, 2.45) is 5.92 Å². The van der Waals surface area contributed by atoms with E-state index in [2.05, 4.69) is 21.6 Å². The molecule has 0 radical (unpaired) electrons. The Balaban J connectivity index is 1.50. The third kappa shape index (κ3) is 4.30. The Kier molecular flexibility index (Phi) is 6.53. The highest BCUT2D eigenvalue weighted by Gasteiger charge is 2.36. The van der Waals surface area contributed by atoms with Gasteiger partial charge in [-0.2, -0.15) is 0 Å². The Bertz CT molecular complexity index is 415. The van der Waals surface area contributed by atoms with Crippen LogP contribution in [-0.4, -0.2) is 85.7 Å². The third-order valence-corrected chi connectivity index (χ3v) is 6.35. The average molecular weight is 338 g/mol. The van der Waals surface area contributed by atoms with Crippen molar-refractivity contribution in [1.82, 2.24) is 14.7 Å². The van der Waals surface area contributed by atoms with Crippen molar-refractivity contribution in [1.29, 1.82) is 0 Å². The summed E-state index contributed by atoms with van der Waals surface area (Å²) in [6.07, 6.45) is 7.78. The lowest BCUT2D eigenvalue weighted by Gasteiger charge is -2.45. The van der Waals surface area contributed by atoms with Gasteiger partial charge in [0.2, 0.25) is 5.91 Å². The molecule has 1 amide bonds. The summed E-state index contributed by atoms with van der Waals surface area (Å²) < 4.78 is 5.20. The predicted octanol–water partition coefficient (Wildman–Crippen LogP) is 1.82. The predicted molar refractivity (Wildman–Crippen MR) is 96.0 cm³/mol. The van der Waals surface area contributed by atoms with Crippen LogP contribution in [0.15, 0.2) is 0 Å². The number of rotatable bonds is 5. The van der Waals surface area contributed by atoms with Crippen LogP contribution in [0.3, 0.4) is 0 Å². The lowest BCUT2D eigenvalue weighted by molar-refractivity contribution is -0.139. The number of carbonyl (C=O) groups is 1. The van der Waals surface area contributed by atoms with Gasteiger partial charge < -0.3 is 9.64 Å². The van der Waals surface area contributed by atoms with Gasteiger partial charge in [0, 0.05) is 51.9 Å². The molecule has 3 unspecified atom stereocenters. The van der Waals surface area contributed by atoms with Crippen LogP contribution < -0.4 is 0 Å². The molecule has 0 spiro atoms. The molecule has 24 heavy (non-hydrogen) atoms. The van der Waals surface area contributed by atoms with Crippen molar-refractivity contribution in [3.8, 4) is 0 Å². The van der Waals surface area contributed by atoms with Crippen molar-refractivity contribution < 1.29 is 9.53 Å². The summed E-state index contributed by atoms with van der Waals surface area (Å²) in [7, 11) is 1.76. The second-order valence-corrected chi connectivity index (χ2v) is 7.95. The van der Waals surface area contributed by atoms with Gasteiger partial charge in [0.05, 0.1) is 13.2 Å². The van der Waals surface area contributed by atoms with Crippen LogP contribution in [0.2, 0.25) is 0 Å². The van der Waals surface area contributed by atoms with E-state index >= 15 is 0 Å². The molecule has 0 N–H and O–H groups in total. The molecule has 3 atom stereocenters. The number of hydrogen-bond acceptors (Lipinski definition) is 4. The first kappa shape index (κ1) is 18.2. The molecule has 0 aromatic heterocycles. The highest BCUT2D eigenvalue weighted by atomic mass is 16.5. The quantitative estimate of drug-likeness (QED) is 0.767. The summed E-state index contributed by atoms with van der Waals surface area (Å²) in [5, 5.41) is 0. The smallest absolute Gasteiger partial charge is 0.237 e. The molecule has 2 heterocycles. The first-order valence-corrected chi connectivity index (χ1v) is 9.94. The standard InChI is InChI=1S/C19H35N3O2/c1-16-14-20(10-11-21(16)12-13-24-2)15-19(23)22-9-5-7-17-6-3-4-8-18(17)22/h16-18H,3-15H2,1-2H3. The van der Waals surface area contributed by atoms with Crippen LogP contribution in [0, 0.1) is 5.92 Å².